The van der Waals surface area contributed by atoms with E-state index in [-0.39, 0.29) is 44.7 Å². The van der Waals surface area contributed by atoms with Gasteiger partial charge in [-0.15, -0.1) is 0 Å². The highest BCUT2D eigenvalue weighted by Crippen LogP contribution is 2.41. The van der Waals surface area contributed by atoms with E-state index in [1.165, 1.54) is 0 Å². The lowest BCUT2D eigenvalue weighted by molar-refractivity contribution is -0.345. The second-order valence-electron chi connectivity index (χ2n) is 20.1. The molecule has 11 nitrogen and oxygen atoms in total. The summed E-state index contributed by atoms with van der Waals surface area (Å²) >= 11 is 0. The molecule has 2 fully saturated rings. The smallest absolute Gasteiger partial charge is 0.192 e. The third-order valence-electron chi connectivity index (χ3n) is 13.7. The Labute approximate surface area is 427 Å². The van der Waals surface area contributed by atoms with Gasteiger partial charge in [0.25, 0.3) is 0 Å². The fraction of sp³-hybridized carbons (Fsp3) is 0.400. The molecular weight excluding hydrogens is 925 g/mol. The summed E-state index contributed by atoms with van der Waals surface area (Å²) < 4.78 is 68.9. The zero-order valence-corrected chi connectivity index (χ0v) is 43.3. The minimum absolute atomic E-state index is 0.0681. The molecule has 0 aliphatic carbocycles. The van der Waals surface area contributed by atoms with E-state index in [4.69, 9.17) is 47.1 Å². The summed E-state index contributed by atoms with van der Waals surface area (Å²) in [7, 11) is -2.57. The van der Waals surface area contributed by atoms with Crippen LogP contribution in [0.5, 0.6) is 0 Å². The standard InChI is InChI=1S/C60H72O11Si/c1-60(2,3)72(4,5)71-53-51(69-58(61)56(66-40-48-32-20-10-21-33-48)55(53)65-39-47-30-18-9-19-31-47)43-68-59-57(67-41-49-34-22-11-23-35-49)54(64-38-46-28-16-8-17-29-46)52(63-37-45-26-14-7-15-27-45)50(70-59)42-62-36-44-24-12-6-13-25-44/h6-35,50-59,61H,36-43H2,1-5H3/t50-,51-,52-,53-,54+,55+,56-,57-,58+,59-/m1/s1. The van der Waals surface area contributed by atoms with Gasteiger partial charge in [-0.2, -0.15) is 0 Å². The monoisotopic (exact) mass is 996 g/mol. The van der Waals surface area contributed by atoms with Crippen LogP contribution in [0.4, 0.5) is 0 Å². The van der Waals surface area contributed by atoms with Crippen molar-refractivity contribution in [2.24, 2.45) is 0 Å². The van der Waals surface area contributed by atoms with Gasteiger partial charge in [0.15, 0.2) is 20.9 Å². The van der Waals surface area contributed by atoms with Gasteiger partial charge in [0.1, 0.15) is 48.8 Å². The van der Waals surface area contributed by atoms with Gasteiger partial charge in [-0.25, -0.2) is 0 Å². The minimum Gasteiger partial charge on any atom is -0.408 e. The van der Waals surface area contributed by atoms with Crippen molar-refractivity contribution >= 4 is 8.32 Å². The minimum atomic E-state index is -2.57. The van der Waals surface area contributed by atoms with E-state index < -0.39 is 69.7 Å². The predicted octanol–water partition coefficient (Wildman–Crippen LogP) is 11.0. The van der Waals surface area contributed by atoms with Crippen LogP contribution in [0.15, 0.2) is 182 Å². The van der Waals surface area contributed by atoms with Crippen LogP contribution in [0.25, 0.3) is 0 Å². The molecule has 2 saturated heterocycles. The predicted molar refractivity (Wildman–Crippen MR) is 279 cm³/mol. The van der Waals surface area contributed by atoms with Crippen molar-refractivity contribution < 1.29 is 52.2 Å². The number of ether oxygens (including phenoxy) is 9. The summed E-state index contributed by atoms with van der Waals surface area (Å²) in [5.41, 5.74) is 5.91. The molecule has 2 aliphatic heterocycles. The molecule has 0 spiro atoms. The van der Waals surface area contributed by atoms with Crippen molar-refractivity contribution in [3.63, 3.8) is 0 Å². The highest BCUT2D eigenvalue weighted by Gasteiger charge is 2.54. The van der Waals surface area contributed by atoms with E-state index in [1.54, 1.807) is 0 Å². The van der Waals surface area contributed by atoms with Crippen molar-refractivity contribution in [3.8, 4) is 0 Å². The second kappa shape index (κ2) is 26.4. The molecular formula is C60H72O11Si. The zero-order chi connectivity index (χ0) is 50.2. The Kier molecular flexibility index (Phi) is 19.5. The van der Waals surface area contributed by atoms with Crippen LogP contribution < -0.4 is 0 Å². The van der Waals surface area contributed by atoms with Crippen molar-refractivity contribution in [2.75, 3.05) is 13.2 Å². The van der Waals surface area contributed by atoms with Crippen LogP contribution in [0.2, 0.25) is 18.1 Å². The largest absolute Gasteiger partial charge is 0.408 e. The molecule has 8 rings (SSSR count). The van der Waals surface area contributed by atoms with E-state index in [0.29, 0.717) is 13.2 Å². The molecule has 1 N–H and O–H groups in total. The quantitative estimate of drug-likeness (QED) is 0.0585. The van der Waals surface area contributed by atoms with Crippen LogP contribution in [0.3, 0.4) is 0 Å². The average Bonchev–Trinajstić information content (AvgIpc) is 3.40. The maximum absolute atomic E-state index is 12.1. The summed E-state index contributed by atoms with van der Waals surface area (Å²) in [4.78, 5) is 0. The molecule has 0 bridgehead atoms. The Morgan fingerprint density at radius 1 is 0.389 bits per heavy atom. The molecule has 382 valence electrons. The van der Waals surface area contributed by atoms with E-state index in [2.05, 4.69) is 33.9 Å². The maximum atomic E-state index is 12.1. The van der Waals surface area contributed by atoms with Crippen LogP contribution in [-0.4, -0.2) is 88.0 Å². The normalized spacial score (nSPS) is 24.8. The lowest BCUT2D eigenvalue weighted by Gasteiger charge is -2.50. The van der Waals surface area contributed by atoms with E-state index in [0.717, 1.165) is 33.4 Å². The van der Waals surface area contributed by atoms with Gasteiger partial charge >= 0.3 is 0 Å². The van der Waals surface area contributed by atoms with Gasteiger partial charge in [0, 0.05) is 0 Å². The fourth-order valence-corrected chi connectivity index (χ4v) is 9.98. The molecule has 0 saturated carbocycles. The van der Waals surface area contributed by atoms with E-state index in [1.807, 2.05) is 182 Å². The first kappa shape index (κ1) is 53.4. The Hall–Kier alpha value is -4.90. The zero-order valence-electron chi connectivity index (χ0n) is 42.3. The molecule has 0 unspecified atom stereocenters. The third-order valence-corrected chi connectivity index (χ3v) is 18.2. The molecule has 2 heterocycles. The molecule has 10 atom stereocenters. The highest BCUT2D eigenvalue weighted by molar-refractivity contribution is 6.74. The summed E-state index contributed by atoms with van der Waals surface area (Å²) in [6, 6.07) is 60.0. The number of hydrogen-bond acceptors (Lipinski definition) is 11. The van der Waals surface area contributed by atoms with Gasteiger partial charge < -0.3 is 52.2 Å². The SMILES string of the molecule is CC(C)(C)[Si](C)(C)O[C@H]1[C@H](OCc2ccccc2)[C@@H](OCc2ccccc2)[C@@H](O)O[C@@H]1CO[C@@H]1O[C@H](COCc2ccccc2)[C@@H](OCc2ccccc2)[C@H](OCc2ccccc2)[C@H]1OCc1ccccc1. The highest BCUT2D eigenvalue weighted by atomic mass is 28.4. The van der Waals surface area contributed by atoms with Gasteiger partial charge in [0.2, 0.25) is 0 Å². The van der Waals surface area contributed by atoms with Crippen LogP contribution in [0.1, 0.15) is 54.2 Å². The summed E-state index contributed by atoms with van der Waals surface area (Å²) in [5.74, 6) is 0. The van der Waals surface area contributed by atoms with Crippen molar-refractivity contribution in [1.82, 2.24) is 0 Å². The van der Waals surface area contributed by atoms with Crippen LogP contribution >= 0.6 is 0 Å². The first-order chi connectivity index (χ1) is 35.0. The van der Waals surface area contributed by atoms with Crippen molar-refractivity contribution in [3.05, 3.63) is 215 Å². The molecule has 0 radical (unpaired) electrons. The van der Waals surface area contributed by atoms with E-state index in [9.17, 15) is 5.11 Å². The topological polar surface area (TPSA) is 113 Å². The molecule has 0 amide bonds. The fourth-order valence-electron chi connectivity index (χ4n) is 8.66. The first-order valence-electron chi connectivity index (χ1n) is 25.2. The molecule has 12 heteroatoms. The number of rotatable bonds is 24. The lowest BCUT2D eigenvalue weighted by Crippen LogP contribution is -2.65. The summed E-state index contributed by atoms with van der Waals surface area (Å²) in [5, 5.41) is 11.9. The summed E-state index contributed by atoms with van der Waals surface area (Å²) in [6.07, 6.45) is -8.53. The van der Waals surface area contributed by atoms with Gasteiger partial charge in [-0.1, -0.05) is 203 Å². The number of aliphatic hydroxyl groups is 1. The van der Waals surface area contributed by atoms with Crippen molar-refractivity contribution in [2.45, 2.75) is 140 Å². The summed E-state index contributed by atoms with van der Waals surface area (Å²) in [6.45, 7) is 12.7. The molecule has 2 aliphatic rings. The average molecular weight is 997 g/mol. The Morgan fingerprint density at radius 3 is 1.12 bits per heavy atom. The Bertz CT molecular complexity index is 2430. The Morgan fingerprint density at radius 2 is 0.722 bits per heavy atom. The number of hydrogen-bond donors (Lipinski definition) is 1. The second-order valence-corrected chi connectivity index (χ2v) is 24.8. The molecule has 6 aromatic rings. The van der Waals surface area contributed by atoms with Crippen molar-refractivity contribution in [1.29, 1.82) is 0 Å². The van der Waals surface area contributed by atoms with E-state index >= 15 is 0 Å². The number of aliphatic hydroxyl groups excluding tert-OH is 1. The van der Waals surface area contributed by atoms with Crippen LogP contribution in [-0.2, 0) is 86.7 Å². The van der Waals surface area contributed by atoms with Crippen LogP contribution in [0, 0.1) is 0 Å². The lowest BCUT2D eigenvalue weighted by atomic mass is 9.97. The van der Waals surface area contributed by atoms with Gasteiger partial charge in [0.05, 0.1) is 52.9 Å². The maximum Gasteiger partial charge on any atom is 0.192 e. The molecule has 72 heavy (non-hydrogen) atoms. The molecule has 6 aromatic carbocycles. The molecule has 0 aromatic heterocycles. The Balaban J connectivity index is 1.14. The van der Waals surface area contributed by atoms with Gasteiger partial charge in [-0.3, -0.25) is 0 Å². The third kappa shape index (κ3) is 15.1. The first-order valence-corrected chi connectivity index (χ1v) is 28.1. The number of benzene rings is 6. The van der Waals surface area contributed by atoms with Gasteiger partial charge in [-0.05, 0) is 51.5 Å².